The number of imidazole rings is 1. The number of likely N-dealkylation sites (tertiary alicyclic amines) is 1. The van der Waals surface area contributed by atoms with Gasteiger partial charge in [-0.3, -0.25) is 4.57 Å². The highest BCUT2D eigenvalue weighted by molar-refractivity contribution is 5.76. The molecule has 10 heteroatoms. The average Bonchev–Trinajstić information content (AvgIpc) is 3.24. The molecular weight excluding hydrogens is 389 g/mol. The molecule has 0 radical (unpaired) electrons. The third kappa shape index (κ3) is 3.06. The zero-order valence-electron chi connectivity index (χ0n) is 16.1. The van der Waals surface area contributed by atoms with Crippen LogP contribution in [0.4, 0.5) is 18.0 Å². The van der Waals surface area contributed by atoms with E-state index >= 15 is 0 Å². The summed E-state index contributed by atoms with van der Waals surface area (Å²) in [6.45, 7) is 5.83. The summed E-state index contributed by atoms with van der Waals surface area (Å²) in [5, 5.41) is 13.6. The Hall–Kier alpha value is -2.91. The quantitative estimate of drug-likeness (QED) is 0.758. The Balaban J connectivity index is 1.75. The number of halogens is 3. The number of aromatic nitrogens is 2. The van der Waals surface area contributed by atoms with Crippen LogP contribution in [0.1, 0.15) is 50.5 Å². The topological polar surface area (TPSA) is 79.5 Å². The van der Waals surface area contributed by atoms with Crippen LogP contribution in [0.15, 0.2) is 29.1 Å². The fraction of sp³-hybridized carbons (Fsp3) is 0.474. The SMILES string of the molecule is CC(C)(C)NC(=O)N1CC2CC1c1c(O)n(-c3cccc(C(F)(F)F)c3)c(=O)n12. The smallest absolute Gasteiger partial charge is 0.416 e. The van der Waals surface area contributed by atoms with Crippen molar-refractivity contribution in [3.05, 3.63) is 46.0 Å². The highest BCUT2D eigenvalue weighted by Gasteiger charge is 2.49. The number of fused-ring (bicyclic) bond motifs is 5. The van der Waals surface area contributed by atoms with E-state index in [0.29, 0.717) is 13.0 Å². The van der Waals surface area contributed by atoms with E-state index in [4.69, 9.17) is 0 Å². The maximum Gasteiger partial charge on any atom is 0.416 e. The number of alkyl halides is 3. The molecule has 1 saturated heterocycles. The van der Waals surface area contributed by atoms with E-state index in [1.54, 1.807) is 4.90 Å². The van der Waals surface area contributed by atoms with Crippen molar-refractivity contribution in [2.45, 2.75) is 51.0 Å². The minimum atomic E-state index is -4.57. The van der Waals surface area contributed by atoms with Gasteiger partial charge in [0.2, 0.25) is 5.88 Å². The molecule has 156 valence electrons. The zero-order valence-corrected chi connectivity index (χ0v) is 16.1. The molecule has 0 aliphatic carbocycles. The van der Waals surface area contributed by atoms with Gasteiger partial charge in [-0.25, -0.2) is 14.2 Å². The van der Waals surface area contributed by atoms with Crippen LogP contribution < -0.4 is 11.0 Å². The maximum atomic E-state index is 13.0. The molecule has 0 spiro atoms. The van der Waals surface area contributed by atoms with Gasteiger partial charge in [0.05, 0.1) is 23.3 Å². The van der Waals surface area contributed by atoms with Crippen molar-refractivity contribution in [2.24, 2.45) is 0 Å². The Morgan fingerprint density at radius 3 is 2.55 bits per heavy atom. The Morgan fingerprint density at radius 2 is 1.93 bits per heavy atom. The van der Waals surface area contributed by atoms with Crippen molar-refractivity contribution in [3.63, 3.8) is 0 Å². The van der Waals surface area contributed by atoms with Gasteiger partial charge < -0.3 is 15.3 Å². The second-order valence-electron chi connectivity index (χ2n) is 8.48. The Kier molecular flexibility index (Phi) is 4.04. The number of hydrogen-bond acceptors (Lipinski definition) is 3. The van der Waals surface area contributed by atoms with Gasteiger partial charge >= 0.3 is 17.9 Å². The average molecular weight is 410 g/mol. The summed E-state index contributed by atoms with van der Waals surface area (Å²) in [5.41, 5.74) is -1.80. The predicted octanol–water partition coefficient (Wildman–Crippen LogP) is 3.17. The highest BCUT2D eigenvalue weighted by atomic mass is 19.4. The lowest BCUT2D eigenvalue weighted by atomic mass is 10.1. The second-order valence-corrected chi connectivity index (χ2v) is 8.48. The van der Waals surface area contributed by atoms with Crippen molar-refractivity contribution in [2.75, 3.05) is 6.54 Å². The van der Waals surface area contributed by atoms with Gasteiger partial charge in [-0.2, -0.15) is 13.2 Å². The largest absolute Gasteiger partial charge is 0.493 e. The maximum absolute atomic E-state index is 13.0. The first-order valence-electron chi connectivity index (χ1n) is 9.21. The van der Waals surface area contributed by atoms with E-state index in [-0.39, 0.29) is 23.5 Å². The number of aromatic hydroxyl groups is 1. The number of carbonyl (C=O) groups excluding carboxylic acids is 1. The summed E-state index contributed by atoms with van der Waals surface area (Å²) in [6, 6.07) is 3.09. The number of urea groups is 1. The van der Waals surface area contributed by atoms with E-state index < -0.39 is 34.9 Å². The normalized spacial score (nSPS) is 20.8. The zero-order chi connectivity index (χ0) is 21.3. The molecule has 29 heavy (non-hydrogen) atoms. The first kappa shape index (κ1) is 19.4. The Labute approximate surface area is 164 Å². The fourth-order valence-electron chi connectivity index (χ4n) is 4.12. The van der Waals surface area contributed by atoms with Crippen molar-refractivity contribution in [1.29, 1.82) is 0 Å². The van der Waals surface area contributed by atoms with E-state index in [1.807, 2.05) is 20.8 Å². The summed E-state index contributed by atoms with van der Waals surface area (Å²) in [7, 11) is 0. The van der Waals surface area contributed by atoms with Crippen LogP contribution in [-0.2, 0) is 6.18 Å². The Morgan fingerprint density at radius 1 is 1.24 bits per heavy atom. The summed E-state index contributed by atoms with van der Waals surface area (Å²) in [5.74, 6) is -0.435. The third-order valence-corrected chi connectivity index (χ3v) is 5.23. The number of rotatable bonds is 1. The molecule has 1 fully saturated rings. The van der Waals surface area contributed by atoms with Gasteiger partial charge in [0.15, 0.2) is 0 Å². The van der Waals surface area contributed by atoms with Crippen LogP contribution in [0.25, 0.3) is 5.69 Å². The first-order valence-corrected chi connectivity index (χ1v) is 9.21. The molecule has 1 aromatic heterocycles. The number of benzene rings is 1. The Bertz CT molecular complexity index is 1050. The van der Waals surface area contributed by atoms with Gasteiger partial charge in [0.1, 0.15) is 5.69 Å². The lowest BCUT2D eigenvalue weighted by molar-refractivity contribution is -0.137. The molecule has 7 nitrogen and oxygen atoms in total. The fourth-order valence-corrected chi connectivity index (χ4v) is 4.12. The lowest BCUT2D eigenvalue weighted by Gasteiger charge is -2.31. The van der Waals surface area contributed by atoms with Crippen molar-refractivity contribution < 1.29 is 23.1 Å². The first-order chi connectivity index (χ1) is 13.4. The van der Waals surface area contributed by atoms with Crippen LogP contribution in [-0.4, -0.2) is 37.3 Å². The van der Waals surface area contributed by atoms with Crippen molar-refractivity contribution >= 4 is 6.03 Å². The molecule has 0 saturated carbocycles. The van der Waals surface area contributed by atoms with E-state index in [2.05, 4.69) is 5.32 Å². The van der Waals surface area contributed by atoms with Crippen LogP contribution in [0.3, 0.4) is 0 Å². The second kappa shape index (κ2) is 6.04. The van der Waals surface area contributed by atoms with Gasteiger partial charge in [0.25, 0.3) is 0 Å². The number of amides is 2. The number of carbonyl (C=O) groups is 1. The van der Waals surface area contributed by atoms with Crippen LogP contribution in [0, 0.1) is 0 Å². The van der Waals surface area contributed by atoms with Gasteiger partial charge in [-0.1, -0.05) is 6.07 Å². The summed E-state index contributed by atoms with van der Waals surface area (Å²) >= 11 is 0. The van der Waals surface area contributed by atoms with Crippen molar-refractivity contribution in [3.8, 4) is 11.6 Å². The molecule has 1 aromatic carbocycles. The molecule has 3 heterocycles. The van der Waals surface area contributed by atoms with E-state index in [0.717, 1.165) is 16.7 Å². The number of hydrogen-bond donors (Lipinski definition) is 2. The van der Waals surface area contributed by atoms with E-state index in [9.17, 15) is 27.9 Å². The van der Waals surface area contributed by atoms with Crippen LogP contribution in [0.2, 0.25) is 0 Å². The van der Waals surface area contributed by atoms with Gasteiger partial charge in [-0.05, 0) is 45.4 Å². The van der Waals surface area contributed by atoms with Crippen LogP contribution in [0.5, 0.6) is 5.88 Å². The van der Waals surface area contributed by atoms with Gasteiger partial charge in [-0.15, -0.1) is 0 Å². The molecule has 2 amide bonds. The molecule has 4 rings (SSSR count). The lowest BCUT2D eigenvalue weighted by Crippen LogP contribution is -2.49. The third-order valence-electron chi connectivity index (χ3n) is 5.23. The molecule has 2 atom stereocenters. The summed E-state index contributed by atoms with van der Waals surface area (Å²) < 4.78 is 41.4. The van der Waals surface area contributed by atoms with Crippen molar-refractivity contribution in [1.82, 2.24) is 19.4 Å². The number of nitrogens with zero attached hydrogens (tertiary/aromatic N) is 3. The molecule has 2 aliphatic rings. The summed E-state index contributed by atoms with van der Waals surface area (Å²) in [4.78, 5) is 27.1. The molecule has 2 aromatic rings. The monoisotopic (exact) mass is 410 g/mol. The van der Waals surface area contributed by atoms with Crippen LogP contribution >= 0.6 is 0 Å². The molecule has 2 unspecified atom stereocenters. The molecule has 2 aliphatic heterocycles. The number of nitrogens with one attached hydrogen (secondary N) is 1. The minimum Gasteiger partial charge on any atom is -0.493 e. The molecule has 2 N–H and O–H groups in total. The minimum absolute atomic E-state index is 0.0747. The predicted molar refractivity (Wildman–Crippen MR) is 98.1 cm³/mol. The van der Waals surface area contributed by atoms with E-state index in [1.165, 1.54) is 16.7 Å². The highest BCUT2D eigenvalue weighted by Crippen LogP contribution is 2.48. The standard InChI is InChI=1S/C19H21F3N4O3/c1-18(2,3)23-16(28)24-9-12-8-13(24)14-15(27)26(17(29)25(12)14)11-6-4-5-10(7-11)19(20,21)22/h4-7,12-13,27H,8-9H2,1-3H3,(H,23,28). The van der Waals surface area contributed by atoms with Gasteiger partial charge in [0, 0.05) is 12.1 Å². The molecular formula is C19H21F3N4O3. The summed E-state index contributed by atoms with van der Waals surface area (Å²) in [6.07, 6.45) is -4.09. The molecule has 2 bridgehead atoms.